The first-order valence-corrected chi connectivity index (χ1v) is 7.13. The summed E-state index contributed by atoms with van der Waals surface area (Å²) >= 11 is 0. The molecule has 0 amide bonds. The Balaban J connectivity index is 1.99. The quantitative estimate of drug-likeness (QED) is 0.785. The molecule has 112 valence electrons. The Morgan fingerprint density at radius 1 is 1.18 bits per heavy atom. The van der Waals surface area contributed by atoms with E-state index in [1.54, 1.807) is 6.07 Å². The molecule has 22 heavy (non-hydrogen) atoms. The lowest BCUT2D eigenvalue weighted by atomic mass is 10.1. The third kappa shape index (κ3) is 2.81. The van der Waals surface area contributed by atoms with Crippen LogP contribution in [0.5, 0.6) is 5.75 Å². The number of benzene rings is 1. The molecule has 4 nitrogen and oxygen atoms in total. The number of carboxylic acids is 1. The zero-order valence-electron chi connectivity index (χ0n) is 12.3. The molecule has 0 aliphatic rings. The molecule has 3 aromatic rings. The zero-order valence-corrected chi connectivity index (χ0v) is 12.3. The van der Waals surface area contributed by atoms with E-state index in [0.717, 1.165) is 17.5 Å². The van der Waals surface area contributed by atoms with Gasteiger partial charge in [0.1, 0.15) is 5.75 Å². The van der Waals surface area contributed by atoms with Gasteiger partial charge in [-0.1, -0.05) is 30.3 Å². The summed E-state index contributed by atoms with van der Waals surface area (Å²) in [7, 11) is 0. The maximum Gasteiger partial charge on any atom is 0.341 e. The Morgan fingerprint density at radius 3 is 2.68 bits per heavy atom. The first kappa shape index (κ1) is 14.2. The fraction of sp³-hybridized carbons (Fsp3) is 0.167. The van der Waals surface area contributed by atoms with Gasteiger partial charge in [0.25, 0.3) is 0 Å². The van der Waals surface area contributed by atoms with E-state index in [9.17, 15) is 4.79 Å². The summed E-state index contributed by atoms with van der Waals surface area (Å²) in [4.78, 5) is 10.7. The lowest BCUT2D eigenvalue weighted by Gasteiger charge is -2.08. The summed E-state index contributed by atoms with van der Waals surface area (Å²) in [5.41, 5.74) is 4.48. The highest BCUT2D eigenvalue weighted by Gasteiger charge is 2.12. The summed E-state index contributed by atoms with van der Waals surface area (Å²) in [6, 6.07) is 16.0. The summed E-state index contributed by atoms with van der Waals surface area (Å²) in [5.74, 6) is -0.387. The Hall–Kier alpha value is -2.75. The Labute approximate surface area is 128 Å². The molecule has 0 saturated heterocycles. The monoisotopic (exact) mass is 295 g/mol. The largest absolute Gasteiger partial charge is 0.480 e. The van der Waals surface area contributed by atoms with Crippen molar-refractivity contribution in [3.05, 3.63) is 71.5 Å². The minimum Gasteiger partial charge on any atom is -0.480 e. The van der Waals surface area contributed by atoms with Crippen molar-refractivity contribution in [3.63, 3.8) is 0 Å². The minimum absolute atomic E-state index is 0.335. The van der Waals surface area contributed by atoms with Crippen LogP contribution >= 0.6 is 0 Å². The second-order valence-electron chi connectivity index (χ2n) is 5.25. The third-order valence-electron chi connectivity index (χ3n) is 3.66. The number of carbonyl (C=O) groups is 1. The van der Waals surface area contributed by atoms with Gasteiger partial charge in [0.15, 0.2) is 6.61 Å². The number of pyridine rings is 1. The SMILES string of the molecule is Cc1cc2c(OCC(=O)O)cccn2c1Cc1ccccc1. The lowest BCUT2D eigenvalue weighted by Crippen LogP contribution is -2.10. The number of hydrogen-bond acceptors (Lipinski definition) is 2. The molecule has 0 fully saturated rings. The van der Waals surface area contributed by atoms with Gasteiger partial charge >= 0.3 is 5.97 Å². The molecule has 2 heterocycles. The molecule has 0 atom stereocenters. The van der Waals surface area contributed by atoms with Crippen molar-refractivity contribution in [2.75, 3.05) is 6.61 Å². The molecule has 0 saturated carbocycles. The smallest absolute Gasteiger partial charge is 0.341 e. The van der Waals surface area contributed by atoms with Crippen molar-refractivity contribution in [2.45, 2.75) is 13.3 Å². The van der Waals surface area contributed by atoms with E-state index in [2.05, 4.69) is 23.5 Å². The van der Waals surface area contributed by atoms with Crippen molar-refractivity contribution in [1.82, 2.24) is 4.40 Å². The van der Waals surface area contributed by atoms with Gasteiger partial charge in [-0.15, -0.1) is 0 Å². The summed E-state index contributed by atoms with van der Waals surface area (Å²) in [6.07, 6.45) is 2.80. The fourth-order valence-corrected chi connectivity index (χ4v) is 2.63. The number of aromatic nitrogens is 1. The van der Waals surface area contributed by atoms with Crippen molar-refractivity contribution < 1.29 is 14.6 Å². The topological polar surface area (TPSA) is 50.9 Å². The van der Waals surface area contributed by atoms with Gasteiger partial charge in [-0.05, 0) is 36.2 Å². The maximum atomic E-state index is 10.7. The maximum absolute atomic E-state index is 10.7. The molecule has 0 bridgehead atoms. The van der Waals surface area contributed by atoms with Crippen LogP contribution in [0.3, 0.4) is 0 Å². The van der Waals surface area contributed by atoms with E-state index in [0.29, 0.717) is 5.75 Å². The highest BCUT2D eigenvalue weighted by Crippen LogP contribution is 2.26. The van der Waals surface area contributed by atoms with Crippen LogP contribution in [0, 0.1) is 6.92 Å². The molecule has 0 radical (unpaired) electrons. The summed E-state index contributed by atoms with van der Waals surface area (Å²) in [6.45, 7) is 1.73. The molecule has 0 aliphatic heterocycles. The number of aryl methyl sites for hydroxylation is 1. The van der Waals surface area contributed by atoms with Crippen LogP contribution in [0.25, 0.3) is 5.52 Å². The van der Waals surface area contributed by atoms with Gasteiger partial charge < -0.3 is 14.2 Å². The van der Waals surface area contributed by atoms with Crippen LogP contribution in [0.1, 0.15) is 16.8 Å². The Kier molecular flexibility index (Phi) is 3.83. The number of ether oxygens (including phenoxy) is 1. The number of fused-ring (bicyclic) bond motifs is 1. The molecular weight excluding hydrogens is 278 g/mol. The Bertz CT molecular complexity index is 806. The van der Waals surface area contributed by atoms with E-state index in [1.807, 2.05) is 36.5 Å². The molecule has 1 N–H and O–H groups in total. The molecule has 0 unspecified atom stereocenters. The van der Waals surface area contributed by atoms with Crippen LogP contribution in [0.4, 0.5) is 0 Å². The van der Waals surface area contributed by atoms with Gasteiger partial charge in [-0.25, -0.2) is 4.79 Å². The van der Waals surface area contributed by atoms with Gasteiger partial charge in [0, 0.05) is 18.3 Å². The first-order chi connectivity index (χ1) is 10.6. The van der Waals surface area contributed by atoms with E-state index in [4.69, 9.17) is 9.84 Å². The van der Waals surface area contributed by atoms with E-state index in [-0.39, 0.29) is 6.61 Å². The molecular formula is C18H17NO3. The average Bonchev–Trinajstić information content (AvgIpc) is 2.83. The second-order valence-corrected chi connectivity index (χ2v) is 5.25. The number of hydrogen-bond donors (Lipinski definition) is 1. The van der Waals surface area contributed by atoms with Gasteiger partial charge in [-0.2, -0.15) is 0 Å². The molecule has 2 aromatic heterocycles. The summed E-state index contributed by atoms with van der Waals surface area (Å²) in [5, 5.41) is 8.77. The van der Waals surface area contributed by atoms with Crippen molar-refractivity contribution >= 4 is 11.5 Å². The standard InChI is InChI=1S/C18H17NO3/c1-13-10-16-17(22-12-18(20)21)8-5-9-19(16)15(13)11-14-6-3-2-4-7-14/h2-10H,11-12H2,1H3,(H,20,21). The van der Waals surface area contributed by atoms with Crippen molar-refractivity contribution in [2.24, 2.45) is 0 Å². The first-order valence-electron chi connectivity index (χ1n) is 7.13. The lowest BCUT2D eigenvalue weighted by molar-refractivity contribution is -0.139. The van der Waals surface area contributed by atoms with Crippen LogP contribution in [-0.4, -0.2) is 22.1 Å². The zero-order chi connectivity index (χ0) is 15.5. The fourth-order valence-electron chi connectivity index (χ4n) is 2.63. The second kappa shape index (κ2) is 5.93. The molecule has 4 heteroatoms. The highest BCUT2D eigenvalue weighted by atomic mass is 16.5. The summed E-state index contributed by atoms with van der Waals surface area (Å²) < 4.78 is 7.45. The predicted octanol–water partition coefficient (Wildman–Crippen LogP) is 3.30. The predicted molar refractivity (Wildman–Crippen MR) is 84.5 cm³/mol. The van der Waals surface area contributed by atoms with Crippen LogP contribution in [0.15, 0.2) is 54.7 Å². The van der Waals surface area contributed by atoms with Gasteiger partial charge in [-0.3, -0.25) is 0 Å². The van der Waals surface area contributed by atoms with E-state index < -0.39 is 5.97 Å². The number of carboxylic acid groups (broad SMARTS) is 1. The highest BCUT2D eigenvalue weighted by molar-refractivity contribution is 5.70. The van der Waals surface area contributed by atoms with Crippen molar-refractivity contribution in [3.8, 4) is 5.75 Å². The molecule has 0 aliphatic carbocycles. The minimum atomic E-state index is -0.977. The van der Waals surface area contributed by atoms with E-state index >= 15 is 0 Å². The molecule has 0 spiro atoms. The molecule has 3 rings (SSSR count). The normalized spacial score (nSPS) is 10.8. The molecule has 1 aromatic carbocycles. The number of nitrogens with zero attached hydrogens (tertiary/aromatic N) is 1. The van der Waals surface area contributed by atoms with Gasteiger partial charge in [0.05, 0.1) is 5.52 Å². The number of aliphatic carboxylic acids is 1. The van der Waals surface area contributed by atoms with E-state index in [1.165, 1.54) is 11.3 Å². The van der Waals surface area contributed by atoms with Crippen LogP contribution < -0.4 is 4.74 Å². The van der Waals surface area contributed by atoms with Gasteiger partial charge in [0.2, 0.25) is 0 Å². The van der Waals surface area contributed by atoms with Crippen LogP contribution in [0.2, 0.25) is 0 Å². The number of rotatable bonds is 5. The third-order valence-corrected chi connectivity index (χ3v) is 3.66. The Morgan fingerprint density at radius 2 is 1.95 bits per heavy atom. The average molecular weight is 295 g/mol. The van der Waals surface area contributed by atoms with Crippen molar-refractivity contribution in [1.29, 1.82) is 0 Å². The van der Waals surface area contributed by atoms with Crippen LogP contribution in [-0.2, 0) is 11.2 Å².